The molecule has 2 heterocycles. The van der Waals surface area contributed by atoms with Gasteiger partial charge < -0.3 is 4.42 Å². The molecule has 2 aromatic heterocycles. The Balaban J connectivity index is 1.26. The quantitative estimate of drug-likeness (QED) is 0.199. The SMILES string of the molecule is Clc1ccc(-c2nc(-c3ccc4ccccc4c3)nc(-c3ccc4ccccc4c3)n2)c(-c2ccc3c(c2)oc2ccccc23)c1. The van der Waals surface area contributed by atoms with Gasteiger partial charge in [-0.15, -0.1) is 0 Å². The van der Waals surface area contributed by atoms with E-state index in [1.165, 1.54) is 0 Å². The molecule has 0 aliphatic heterocycles. The van der Waals surface area contributed by atoms with E-state index in [-0.39, 0.29) is 0 Å². The van der Waals surface area contributed by atoms with Crippen LogP contribution in [0.1, 0.15) is 0 Å². The van der Waals surface area contributed by atoms with E-state index in [4.69, 9.17) is 31.0 Å². The summed E-state index contributed by atoms with van der Waals surface area (Å²) in [5, 5.41) is 7.36. The number of rotatable bonds is 4. The maximum Gasteiger partial charge on any atom is 0.164 e. The summed E-state index contributed by atoms with van der Waals surface area (Å²) < 4.78 is 6.24. The fourth-order valence-corrected chi connectivity index (χ4v) is 6.43. The average molecular weight is 610 g/mol. The summed E-state index contributed by atoms with van der Waals surface area (Å²) in [6.45, 7) is 0. The zero-order valence-electron chi connectivity index (χ0n) is 24.5. The van der Waals surface area contributed by atoms with Crippen LogP contribution in [0.4, 0.5) is 0 Å². The Labute approximate surface area is 269 Å². The van der Waals surface area contributed by atoms with Crippen LogP contribution in [0, 0.1) is 0 Å². The van der Waals surface area contributed by atoms with E-state index < -0.39 is 0 Å². The van der Waals surface area contributed by atoms with Crippen LogP contribution in [-0.4, -0.2) is 15.0 Å². The van der Waals surface area contributed by atoms with Crippen LogP contribution in [0.15, 0.2) is 150 Å². The molecule has 0 N–H and O–H groups in total. The van der Waals surface area contributed by atoms with Gasteiger partial charge in [-0.25, -0.2) is 15.0 Å². The van der Waals surface area contributed by atoms with Crippen molar-refractivity contribution >= 4 is 55.1 Å². The van der Waals surface area contributed by atoms with Gasteiger partial charge in [0, 0.05) is 32.5 Å². The van der Waals surface area contributed by atoms with E-state index in [1.54, 1.807) is 0 Å². The number of hydrogen-bond donors (Lipinski definition) is 0. The van der Waals surface area contributed by atoms with Crippen molar-refractivity contribution in [2.24, 2.45) is 0 Å². The van der Waals surface area contributed by atoms with Crippen LogP contribution < -0.4 is 0 Å². The molecule has 0 bridgehead atoms. The van der Waals surface area contributed by atoms with Gasteiger partial charge in [0.15, 0.2) is 17.5 Å². The standard InChI is InChI=1S/C41H24ClN3O/c42-32-18-20-35(36(24-32)29-17-19-34-33-11-5-6-12-37(33)46-38(34)23-29)41-44-39(30-15-13-25-7-1-3-9-27(25)21-30)43-40(45-41)31-16-14-26-8-2-4-10-28(26)22-31/h1-24H. The highest BCUT2D eigenvalue weighted by atomic mass is 35.5. The minimum absolute atomic E-state index is 0.567. The minimum atomic E-state index is 0.567. The summed E-state index contributed by atoms with van der Waals surface area (Å²) >= 11 is 6.63. The number of benzene rings is 7. The van der Waals surface area contributed by atoms with Crippen molar-refractivity contribution < 1.29 is 4.42 Å². The van der Waals surface area contributed by atoms with Crippen molar-refractivity contribution in [3.05, 3.63) is 151 Å². The molecule has 0 saturated carbocycles. The van der Waals surface area contributed by atoms with E-state index in [0.29, 0.717) is 22.5 Å². The maximum absolute atomic E-state index is 6.63. The highest BCUT2D eigenvalue weighted by Gasteiger charge is 2.18. The molecule has 0 radical (unpaired) electrons. The first kappa shape index (κ1) is 26.6. The summed E-state index contributed by atoms with van der Waals surface area (Å²) in [6, 6.07) is 49.5. The molecule has 9 rings (SSSR count). The molecular weight excluding hydrogens is 586 g/mol. The van der Waals surface area contributed by atoms with E-state index in [9.17, 15) is 0 Å². The summed E-state index contributed by atoms with van der Waals surface area (Å²) in [5.41, 5.74) is 6.24. The molecule has 5 heteroatoms. The molecule has 0 aliphatic carbocycles. The molecular formula is C41H24ClN3O. The third-order valence-electron chi connectivity index (χ3n) is 8.56. The van der Waals surface area contributed by atoms with Crippen molar-refractivity contribution in [2.45, 2.75) is 0 Å². The Kier molecular flexibility index (Phi) is 6.15. The zero-order valence-corrected chi connectivity index (χ0v) is 25.2. The molecule has 9 aromatic rings. The Morgan fingerprint density at radius 1 is 0.391 bits per heavy atom. The van der Waals surface area contributed by atoms with Crippen LogP contribution in [0.2, 0.25) is 5.02 Å². The van der Waals surface area contributed by atoms with Crippen molar-refractivity contribution in [1.82, 2.24) is 15.0 Å². The maximum atomic E-state index is 6.63. The Hall–Kier alpha value is -5.84. The van der Waals surface area contributed by atoms with Crippen molar-refractivity contribution in [2.75, 3.05) is 0 Å². The monoisotopic (exact) mass is 609 g/mol. The van der Waals surface area contributed by atoms with Crippen molar-refractivity contribution in [1.29, 1.82) is 0 Å². The van der Waals surface area contributed by atoms with Gasteiger partial charge in [-0.3, -0.25) is 0 Å². The lowest BCUT2D eigenvalue weighted by molar-refractivity contribution is 0.669. The smallest absolute Gasteiger partial charge is 0.164 e. The van der Waals surface area contributed by atoms with Gasteiger partial charge in [0.1, 0.15) is 11.2 Å². The second-order valence-electron chi connectivity index (χ2n) is 11.4. The molecule has 0 aliphatic rings. The van der Waals surface area contributed by atoms with E-state index >= 15 is 0 Å². The van der Waals surface area contributed by atoms with Crippen LogP contribution in [0.5, 0.6) is 0 Å². The summed E-state index contributed by atoms with van der Waals surface area (Å²) in [4.78, 5) is 15.2. The third-order valence-corrected chi connectivity index (χ3v) is 8.80. The second-order valence-corrected chi connectivity index (χ2v) is 11.9. The molecule has 7 aromatic carbocycles. The number of aromatic nitrogens is 3. The van der Waals surface area contributed by atoms with Crippen molar-refractivity contribution in [3.8, 4) is 45.3 Å². The first-order valence-electron chi connectivity index (χ1n) is 15.1. The molecule has 0 unspecified atom stereocenters. The number of furan rings is 1. The van der Waals surface area contributed by atoms with Gasteiger partial charge in [-0.05, 0) is 81.2 Å². The minimum Gasteiger partial charge on any atom is -0.456 e. The number of hydrogen-bond acceptors (Lipinski definition) is 4. The Morgan fingerprint density at radius 3 is 1.65 bits per heavy atom. The van der Waals surface area contributed by atoms with E-state index in [0.717, 1.165) is 71.3 Å². The lowest BCUT2D eigenvalue weighted by Crippen LogP contribution is -2.01. The Morgan fingerprint density at radius 2 is 0.957 bits per heavy atom. The second kappa shape index (κ2) is 10.7. The number of para-hydroxylation sites is 1. The molecule has 0 fully saturated rings. The number of halogens is 1. The predicted octanol–water partition coefficient (Wildman–Crippen LogP) is 11.4. The third kappa shape index (κ3) is 4.59. The fraction of sp³-hybridized carbons (Fsp3) is 0. The first-order valence-corrected chi connectivity index (χ1v) is 15.5. The van der Waals surface area contributed by atoms with Gasteiger partial charge in [-0.2, -0.15) is 0 Å². The van der Waals surface area contributed by atoms with Gasteiger partial charge in [-0.1, -0.05) is 109 Å². The number of nitrogens with zero attached hydrogens (tertiary/aromatic N) is 3. The lowest BCUT2D eigenvalue weighted by Gasteiger charge is -2.13. The molecule has 4 nitrogen and oxygen atoms in total. The summed E-state index contributed by atoms with van der Waals surface area (Å²) in [6.07, 6.45) is 0. The van der Waals surface area contributed by atoms with Crippen molar-refractivity contribution in [3.63, 3.8) is 0 Å². The van der Waals surface area contributed by atoms with Gasteiger partial charge >= 0.3 is 0 Å². The molecule has 0 amide bonds. The normalized spacial score (nSPS) is 11.6. The largest absolute Gasteiger partial charge is 0.456 e. The Bertz CT molecular complexity index is 2530. The highest BCUT2D eigenvalue weighted by molar-refractivity contribution is 6.31. The van der Waals surface area contributed by atoms with E-state index in [2.05, 4.69) is 84.9 Å². The van der Waals surface area contributed by atoms with E-state index in [1.807, 2.05) is 60.7 Å². The first-order chi connectivity index (χ1) is 22.7. The number of fused-ring (bicyclic) bond motifs is 5. The topological polar surface area (TPSA) is 51.8 Å². The molecule has 216 valence electrons. The van der Waals surface area contributed by atoms with Crippen LogP contribution >= 0.6 is 11.6 Å². The van der Waals surface area contributed by atoms with Gasteiger partial charge in [0.25, 0.3) is 0 Å². The lowest BCUT2D eigenvalue weighted by atomic mass is 9.97. The average Bonchev–Trinajstić information content (AvgIpc) is 3.49. The van der Waals surface area contributed by atoms with Gasteiger partial charge in [0.2, 0.25) is 0 Å². The molecule has 0 atom stereocenters. The molecule has 0 spiro atoms. The predicted molar refractivity (Wildman–Crippen MR) is 189 cm³/mol. The van der Waals surface area contributed by atoms with Crippen LogP contribution in [0.3, 0.4) is 0 Å². The fourth-order valence-electron chi connectivity index (χ4n) is 6.26. The summed E-state index contributed by atoms with van der Waals surface area (Å²) in [7, 11) is 0. The summed E-state index contributed by atoms with van der Waals surface area (Å²) in [5.74, 6) is 1.78. The zero-order chi connectivity index (χ0) is 30.6. The van der Waals surface area contributed by atoms with Crippen LogP contribution in [-0.2, 0) is 0 Å². The molecule has 46 heavy (non-hydrogen) atoms. The van der Waals surface area contributed by atoms with Crippen LogP contribution in [0.25, 0.3) is 88.8 Å². The highest BCUT2D eigenvalue weighted by Crippen LogP contribution is 2.38. The van der Waals surface area contributed by atoms with Gasteiger partial charge in [0.05, 0.1) is 0 Å². The molecule has 0 saturated heterocycles.